The molecule has 0 aliphatic rings. The minimum absolute atomic E-state index is 0.105. The Morgan fingerprint density at radius 3 is 2.57 bits per heavy atom. The molecule has 1 aromatic heterocycles. The number of hydrogen-bond donors (Lipinski definition) is 2. The van der Waals surface area contributed by atoms with Crippen LogP contribution in [0.4, 0.5) is 5.95 Å². The summed E-state index contributed by atoms with van der Waals surface area (Å²) < 4.78 is 22.8. The molecule has 7 heteroatoms. The summed E-state index contributed by atoms with van der Waals surface area (Å²) in [6.07, 6.45) is 0. The number of hydrogen-bond acceptors (Lipinski definition) is 5. The molecule has 0 aliphatic heterocycles. The van der Waals surface area contributed by atoms with E-state index in [9.17, 15) is 4.21 Å². The summed E-state index contributed by atoms with van der Waals surface area (Å²) in [5.74, 6) is 0.382. The van der Waals surface area contributed by atoms with E-state index in [1.807, 2.05) is 19.9 Å². The molecule has 0 saturated heterocycles. The van der Waals surface area contributed by atoms with Crippen LogP contribution in [0.2, 0.25) is 0 Å². The van der Waals surface area contributed by atoms with E-state index in [4.69, 9.17) is 4.55 Å². The van der Waals surface area contributed by atoms with Gasteiger partial charge in [-0.05, 0) is 19.9 Å². The van der Waals surface area contributed by atoms with Crippen molar-refractivity contribution in [2.24, 2.45) is 0 Å². The Balaban J connectivity index is 2.54. The molecule has 0 aliphatic carbocycles. The first-order valence-corrected chi connectivity index (χ1v) is 4.91. The standard InChI is InChI=1S/C7H11N3O3S/c1-5-3-6(2)10-7(9-5)8-4-13-14(11)12/h3H,4H2,1-2H3,(H,11,12)(H,8,9,10). The van der Waals surface area contributed by atoms with Gasteiger partial charge >= 0.3 is 11.4 Å². The Labute approximate surface area is 84.2 Å². The maximum Gasteiger partial charge on any atom is 0.303 e. The molecular formula is C7H11N3O3S. The highest BCUT2D eigenvalue weighted by molar-refractivity contribution is 7.74. The molecule has 1 unspecified atom stereocenters. The molecule has 0 radical (unpaired) electrons. The van der Waals surface area contributed by atoms with Crippen molar-refractivity contribution < 1.29 is 12.9 Å². The third-order valence-corrected chi connectivity index (χ3v) is 1.69. The number of rotatable bonds is 4. The molecule has 0 aromatic carbocycles. The van der Waals surface area contributed by atoms with Gasteiger partial charge in [-0.25, -0.2) is 14.2 Å². The van der Waals surface area contributed by atoms with Crippen LogP contribution < -0.4 is 5.32 Å². The molecule has 1 atom stereocenters. The van der Waals surface area contributed by atoms with Crippen LogP contribution in [0.25, 0.3) is 0 Å². The molecule has 0 saturated carbocycles. The van der Waals surface area contributed by atoms with Gasteiger partial charge in [-0.3, -0.25) is 4.55 Å². The lowest BCUT2D eigenvalue weighted by molar-refractivity contribution is 0.329. The molecule has 1 heterocycles. The van der Waals surface area contributed by atoms with E-state index in [1.54, 1.807) is 0 Å². The maximum atomic E-state index is 10.1. The molecule has 6 nitrogen and oxygen atoms in total. The molecule has 78 valence electrons. The molecule has 0 spiro atoms. The van der Waals surface area contributed by atoms with Crippen LogP contribution in [0.1, 0.15) is 11.4 Å². The fourth-order valence-corrected chi connectivity index (χ4v) is 1.11. The zero-order valence-electron chi connectivity index (χ0n) is 7.85. The summed E-state index contributed by atoms with van der Waals surface area (Å²) in [7, 11) is 0. The number of anilines is 1. The monoisotopic (exact) mass is 217 g/mol. The van der Waals surface area contributed by atoms with Crippen molar-refractivity contribution >= 4 is 17.3 Å². The predicted octanol–water partition coefficient (Wildman–Crippen LogP) is 0.616. The van der Waals surface area contributed by atoms with Gasteiger partial charge in [0.1, 0.15) is 6.73 Å². The Morgan fingerprint density at radius 1 is 1.50 bits per heavy atom. The van der Waals surface area contributed by atoms with Crippen molar-refractivity contribution in [3.05, 3.63) is 17.5 Å². The fourth-order valence-electron chi connectivity index (χ4n) is 0.949. The number of nitrogens with zero attached hydrogens (tertiary/aromatic N) is 2. The van der Waals surface area contributed by atoms with Crippen molar-refractivity contribution in [3.8, 4) is 0 Å². The molecular weight excluding hydrogens is 206 g/mol. The van der Waals surface area contributed by atoms with Crippen LogP contribution in [-0.2, 0) is 15.5 Å². The molecule has 2 N–H and O–H groups in total. The Hall–Kier alpha value is -1.05. The van der Waals surface area contributed by atoms with E-state index in [2.05, 4.69) is 19.5 Å². The summed E-state index contributed by atoms with van der Waals surface area (Å²) >= 11 is -2.27. The summed E-state index contributed by atoms with van der Waals surface area (Å²) in [5.41, 5.74) is 1.65. The van der Waals surface area contributed by atoms with E-state index >= 15 is 0 Å². The predicted molar refractivity (Wildman–Crippen MR) is 51.9 cm³/mol. The Kier molecular flexibility index (Phi) is 3.93. The van der Waals surface area contributed by atoms with Crippen LogP contribution >= 0.6 is 0 Å². The van der Waals surface area contributed by atoms with Gasteiger partial charge in [-0.2, -0.15) is 4.21 Å². The van der Waals surface area contributed by atoms with Crippen LogP contribution in [-0.4, -0.2) is 25.5 Å². The second kappa shape index (κ2) is 4.99. The number of aryl methyl sites for hydroxylation is 2. The van der Waals surface area contributed by atoms with Crippen molar-refractivity contribution in [2.45, 2.75) is 13.8 Å². The average Bonchev–Trinajstić information content (AvgIpc) is 2.01. The maximum absolute atomic E-state index is 10.1. The van der Waals surface area contributed by atoms with Gasteiger partial charge in [0.05, 0.1) is 0 Å². The van der Waals surface area contributed by atoms with Gasteiger partial charge in [0.2, 0.25) is 5.95 Å². The topological polar surface area (TPSA) is 84.3 Å². The highest BCUT2D eigenvalue weighted by Gasteiger charge is 1.99. The highest BCUT2D eigenvalue weighted by atomic mass is 32.2. The SMILES string of the molecule is Cc1cc(C)nc(NCOS(=O)O)n1. The van der Waals surface area contributed by atoms with Crippen molar-refractivity contribution in [2.75, 3.05) is 12.0 Å². The summed E-state index contributed by atoms with van der Waals surface area (Å²) in [6.45, 7) is 3.57. The van der Waals surface area contributed by atoms with E-state index in [1.165, 1.54) is 0 Å². The summed E-state index contributed by atoms with van der Waals surface area (Å²) in [6, 6.07) is 1.83. The van der Waals surface area contributed by atoms with E-state index in [0.29, 0.717) is 5.95 Å². The summed E-state index contributed by atoms with van der Waals surface area (Å²) in [5, 5.41) is 2.66. The second-order valence-corrected chi connectivity index (χ2v) is 3.30. The van der Waals surface area contributed by atoms with Crippen LogP contribution in [0, 0.1) is 13.8 Å². The van der Waals surface area contributed by atoms with E-state index in [0.717, 1.165) is 11.4 Å². The fraction of sp³-hybridized carbons (Fsp3) is 0.429. The Bertz CT molecular complexity index is 325. The van der Waals surface area contributed by atoms with Gasteiger partial charge in [0.15, 0.2) is 0 Å². The van der Waals surface area contributed by atoms with Crippen LogP contribution in [0.3, 0.4) is 0 Å². The lowest BCUT2D eigenvalue weighted by atomic mass is 10.4. The van der Waals surface area contributed by atoms with Crippen molar-refractivity contribution in [1.29, 1.82) is 0 Å². The largest absolute Gasteiger partial charge is 0.330 e. The minimum atomic E-state index is -2.27. The van der Waals surface area contributed by atoms with E-state index < -0.39 is 11.4 Å². The van der Waals surface area contributed by atoms with Gasteiger partial charge in [-0.1, -0.05) is 0 Å². The minimum Gasteiger partial charge on any atom is -0.330 e. The number of aromatic nitrogens is 2. The summed E-state index contributed by atoms with van der Waals surface area (Å²) in [4.78, 5) is 8.10. The lowest BCUT2D eigenvalue weighted by Crippen LogP contribution is -2.10. The first-order chi connectivity index (χ1) is 6.58. The Morgan fingerprint density at radius 2 is 2.07 bits per heavy atom. The van der Waals surface area contributed by atoms with Crippen molar-refractivity contribution in [3.63, 3.8) is 0 Å². The van der Waals surface area contributed by atoms with Gasteiger partial charge in [0.25, 0.3) is 0 Å². The highest BCUT2D eigenvalue weighted by Crippen LogP contribution is 2.02. The molecule has 0 bridgehead atoms. The van der Waals surface area contributed by atoms with Gasteiger partial charge in [-0.15, -0.1) is 0 Å². The third kappa shape index (κ3) is 3.77. The quantitative estimate of drug-likeness (QED) is 0.568. The molecule has 1 aromatic rings. The van der Waals surface area contributed by atoms with Gasteiger partial charge in [0, 0.05) is 11.4 Å². The van der Waals surface area contributed by atoms with Crippen LogP contribution in [0.15, 0.2) is 6.07 Å². The van der Waals surface area contributed by atoms with Gasteiger partial charge < -0.3 is 5.32 Å². The van der Waals surface area contributed by atoms with Crippen LogP contribution in [0.5, 0.6) is 0 Å². The lowest BCUT2D eigenvalue weighted by Gasteiger charge is -2.04. The molecule has 0 fully saturated rings. The third-order valence-electron chi connectivity index (χ3n) is 1.37. The smallest absolute Gasteiger partial charge is 0.303 e. The second-order valence-electron chi connectivity index (χ2n) is 2.63. The molecule has 14 heavy (non-hydrogen) atoms. The number of nitrogens with one attached hydrogen (secondary N) is 1. The molecule has 1 rings (SSSR count). The average molecular weight is 217 g/mol. The first-order valence-electron chi connectivity index (χ1n) is 3.88. The zero-order chi connectivity index (χ0) is 10.6. The zero-order valence-corrected chi connectivity index (χ0v) is 8.67. The molecule has 0 amide bonds. The van der Waals surface area contributed by atoms with E-state index in [-0.39, 0.29) is 6.73 Å². The normalized spacial score (nSPS) is 12.5. The first kappa shape index (κ1) is 11.0. The van der Waals surface area contributed by atoms with Crippen molar-refractivity contribution in [1.82, 2.24) is 9.97 Å².